The van der Waals surface area contributed by atoms with Gasteiger partial charge in [-0.3, -0.25) is 4.98 Å². The number of halogens is 2. The van der Waals surface area contributed by atoms with Crippen LogP contribution in [0.2, 0.25) is 0 Å². The third-order valence-corrected chi connectivity index (χ3v) is 4.76. The maximum atomic E-state index is 4.95. The Labute approximate surface area is 176 Å². The molecule has 2 aromatic heterocycles. The van der Waals surface area contributed by atoms with Crippen molar-refractivity contribution in [2.75, 3.05) is 0 Å². The molecule has 4 heteroatoms. The van der Waals surface area contributed by atoms with Crippen LogP contribution in [0, 0.1) is 0 Å². The number of benzene rings is 3. The van der Waals surface area contributed by atoms with Gasteiger partial charge in [-0.05, 0) is 46.2 Å². The Morgan fingerprint density at radius 3 is 2.11 bits per heavy atom. The van der Waals surface area contributed by atoms with Crippen molar-refractivity contribution in [2.45, 2.75) is 0 Å². The molecule has 0 radical (unpaired) electrons. The first kappa shape index (κ1) is 19.8. The fraction of sp³-hybridized carbons (Fsp3) is 0. The Bertz CT molecular complexity index is 1220. The van der Waals surface area contributed by atoms with Gasteiger partial charge in [0.2, 0.25) is 0 Å². The highest BCUT2D eigenvalue weighted by Crippen LogP contribution is 2.36. The summed E-state index contributed by atoms with van der Waals surface area (Å²) >= 11 is 0. The summed E-state index contributed by atoms with van der Waals surface area (Å²) in [7, 11) is 0. The second-order valence-corrected chi connectivity index (χ2v) is 6.34. The second kappa shape index (κ2) is 8.39. The number of hydrogen-bond acceptors (Lipinski definition) is 2. The van der Waals surface area contributed by atoms with Crippen molar-refractivity contribution in [1.82, 2.24) is 9.97 Å². The third-order valence-electron chi connectivity index (χ3n) is 4.76. The number of rotatable bonds is 2. The fourth-order valence-electron chi connectivity index (χ4n) is 3.52. The van der Waals surface area contributed by atoms with Crippen LogP contribution in [-0.4, -0.2) is 9.97 Å². The van der Waals surface area contributed by atoms with Gasteiger partial charge in [0, 0.05) is 23.3 Å². The van der Waals surface area contributed by atoms with Crippen LogP contribution in [0.25, 0.3) is 44.1 Å². The van der Waals surface area contributed by atoms with Crippen molar-refractivity contribution in [2.24, 2.45) is 0 Å². The minimum absolute atomic E-state index is 0. The predicted molar refractivity (Wildman–Crippen MR) is 122 cm³/mol. The van der Waals surface area contributed by atoms with Crippen molar-refractivity contribution in [3.8, 4) is 22.4 Å². The molecule has 0 aliphatic carbocycles. The molecule has 0 saturated heterocycles. The van der Waals surface area contributed by atoms with Crippen molar-refractivity contribution in [3.63, 3.8) is 0 Å². The molecule has 28 heavy (non-hydrogen) atoms. The van der Waals surface area contributed by atoms with Crippen LogP contribution in [0.1, 0.15) is 0 Å². The van der Waals surface area contributed by atoms with Gasteiger partial charge in [-0.25, -0.2) is 4.98 Å². The van der Waals surface area contributed by atoms with Crippen LogP contribution >= 0.6 is 24.8 Å². The molecule has 2 heterocycles. The number of hydrogen-bond donors (Lipinski definition) is 0. The lowest BCUT2D eigenvalue weighted by Crippen LogP contribution is -1.91. The molecule has 5 rings (SSSR count). The number of pyridine rings is 2. The summed E-state index contributed by atoms with van der Waals surface area (Å²) in [5, 5.41) is 3.67. The van der Waals surface area contributed by atoms with Gasteiger partial charge < -0.3 is 0 Å². The van der Waals surface area contributed by atoms with E-state index in [0.717, 1.165) is 16.8 Å². The lowest BCUT2D eigenvalue weighted by Gasteiger charge is -2.13. The Morgan fingerprint density at radius 1 is 0.607 bits per heavy atom. The van der Waals surface area contributed by atoms with Gasteiger partial charge in [-0.1, -0.05) is 60.7 Å². The van der Waals surface area contributed by atoms with Crippen LogP contribution in [0.3, 0.4) is 0 Å². The molecule has 0 aliphatic heterocycles. The number of fused-ring (bicyclic) bond motifs is 3. The molecule has 0 N–H and O–H groups in total. The van der Waals surface area contributed by atoms with E-state index in [1.54, 1.807) is 0 Å². The van der Waals surface area contributed by atoms with E-state index in [4.69, 9.17) is 4.98 Å². The highest BCUT2D eigenvalue weighted by atomic mass is 35.5. The van der Waals surface area contributed by atoms with Gasteiger partial charge in [0.05, 0.1) is 11.2 Å². The zero-order valence-electron chi connectivity index (χ0n) is 14.9. The smallest absolute Gasteiger partial charge is 0.0722 e. The minimum atomic E-state index is 0. The summed E-state index contributed by atoms with van der Waals surface area (Å²) in [4.78, 5) is 9.08. The topological polar surface area (TPSA) is 25.8 Å². The van der Waals surface area contributed by atoms with Gasteiger partial charge >= 0.3 is 0 Å². The standard InChI is InChI=1S/C24H16N2.2ClH/c1-2-6-17(7-3-1)21-16-23(19-12-14-25-15-13-19)26-22-11-10-18-8-4-5-9-20(18)24(21)22;;/h1-16H;2*1H. The van der Waals surface area contributed by atoms with E-state index in [9.17, 15) is 0 Å². The van der Waals surface area contributed by atoms with Gasteiger partial charge in [0.1, 0.15) is 0 Å². The second-order valence-electron chi connectivity index (χ2n) is 6.34. The molecule has 0 amide bonds. The van der Waals surface area contributed by atoms with Crippen molar-refractivity contribution in [3.05, 3.63) is 97.3 Å². The average Bonchev–Trinajstić information content (AvgIpc) is 2.74. The quantitative estimate of drug-likeness (QED) is 0.297. The molecule has 0 bridgehead atoms. The van der Waals surface area contributed by atoms with Gasteiger partial charge in [-0.2, -0.15) is 0 Å². The molecule has 0 fully saturated rings. The van der Waals surface area contributed by atoms with Crippen molar-refractivity contribution >= 4 is 46.5 Å². The summed E-state index contributed by atoms with van der Waals surface area (Å²) in [6, 6.07) is 29.5. The fourth-order valence-corrected chi connectivity index (χ4v) is 3.52. The van der Waals surface area contributed by atoms with E-state index in [-0.39, 0.29) is 24.8 Å². The van der Waals surface area contributed by atoms with Crippen LogP contribution < -0.4 is 0 Å². The van der Waals surface area contributed by atoms with Crippen LogP contribution in [-0.2, 0) is 0 Å². The van der Waals surface area contributed by atoms with Crippen LogP contribution in [0.5, 0.6) is 0 Å². The third kappa shape index (κ3) is 3.45. The molecule has 5 aromatic rings. The minimum Gasteiger partial charge on any atom is -0.265 e. The summed E-state index contributed by atoms with van der Waals surface area (Å²) in [5.74, 6) is 0. The van der Waals surface area contributed by atoms with E-state index >= 15 is 0 Å². The zero-order valence-corrected chi connectivity index (χ0v) is 16.6. The van der Waals surface area contributed by atoms with E-state index in [2.05, 4.69) is 77.8 Å². The number of aromatic nitrogens is 2. The average molecular weight is 405 g/mol. The summed E-state index contributed by atoms with van der Waals surface area (Å²) in [5.41, 5.74) is 5.46. The highest BCUT2D eigenvalue weighted by Gasteiger charge is 2.12. The molecule has 0 unspecified atom stereocenters. The normalized spacial score (nSPS) is 10.3. The first-order chi connectivity index (χ1) is 12.9. The Balaban J connectivity index is 0.00000112. The molecule has 138 valence electrons. The van der Waals surface area contributed by atoms with Crippen molar-refractivity contribution < 1.29 is 0 Å². The monoisotopic (exact) mass is 404 g/mol. The van der Waals surface area contributed by atoms with Crippen LogP contribution in [0.15, 0.2) is 97.3 Å². The lowest BCUT2D eigenvalue weighted by molar-refractivity contribution is 1.31. The van der Waals surface area contributed by atoms with E-state index in [1.165, 1.54) is 27.3 Å². The molecule has 0 aliphatic rings. The molecule has 0 spiro atoms. The maximum Gasteiger partial charge on any atom is 0.0722 e. The zero-order chi connectivity index (χ0) is 17.3. The predicted octanol–water partition coefficient (Wildman–Crippen LogP) is 6.96. The first-order valence-corrected chi connectivity index (χ1v) is 8.68. The molecule has 2 nitrogen and oxygen atoms in total. The first-order valence-electron chi connectivity index (χ1n) is 8.68. The lowest BCUT2D eigenvalue weighted by atomic mass is 9.95. The summed E-state index contributed by atoms with van der Waals surface area (Å²) < 4.78 is 0. The van der Waals surface area contributed by atoms with E-state index in [0.29, 0.717) is 0 Å². The Hall–Kier alpha value is -2.94. The Morgan fingerprint density at radius 2 is 1.32 bits per heavy atom. The molecule has 0 saturated carbocycles. The summed E-state index contributed by atoms with van der Waals surface area (Å²) in [6.07, 6.45) is 3.62. The van der Waals surface area contributed by atoms with Gasteiger partial charge in [0.15, 0.2) is 0 Å². The van der Waals surface area contributed by atoms with Crippen LogP contribution in [0.4, 0.5) is 0 Å². The highest BCUT2D eigenvalue weighted by molar-refractivity contribution is 6.13. The maximum absolute atomic E-state index is 4.95. The van der Waals surface area contributed by atoms with Gasteiger partial charge in [0.25, 0.3) is 0 Å². The number of nitrogens with zero attached hydrogens (tertiary/aromatic N) is 2. The Kier molecular flexibility index (Phi) is 5.93. The molecule has 0 atom stereocenters. The summed E-state index contributed by atoms with van der Waals surface area (Å²) in [6.45, 7) is 0. The molecule has 3 aromatic carbocycles. The molecular formula is C24H18Cl2N2. The largest absolute Gasteiger partial charge is 0.265 e. The van der Waals surface area contributed by atoms with E-state index in [1.807, 2.05) is 24.5 Å². The SMILES string of the molecule is Cl.Cl.c1ccc(-c2cc(-c3ccncc3)nc3ccc4ccccc4c23)cc1. The molecular weight excluding hydrogens is 387 g/mol. The van der Waals surface area contributed by atoms with Crippen molar-refractivity contribution in [1.29, 1.82) is 0 Å². The van der Waals surface area contributed by atoms with Gasteiger partial charge in [-0.15, -0.1) is 24.8 Å². The van der Waals surface area contributed by atoms with E-state index < -0.39 is 0 Å².